The summed E-state index contributed by atoms with van der Waals surface area (Å²) in [5, 5.41) is 5.24. The van der Waals surface area contributed by atoms with Crippen LogP contribution in [-0.4, -0.2) is 23.6 Å². The first-order chi connectivity index (χ1) is 11.9. The third-order valence-corrected chi connectivity index (χ3v) is 4.75. The van der Waals surface area contributed by atoms with Crippen LogP contribution in [0.3, 0.4) is 0 Å². The molecule has 25 heavy (non-hydrogen) atoms. The lowest BCUT2D eigenvalue weighted by Crippen LogP contribution is -2.46. The molecule has 0 amide bonds. The predicted molar refractivity (Wildman–Crippen MR) is 100 cm³/mol. The highest BCUT2D eigenvalue weighted by atomic mass is 16.7. The maximum absolute atomic E-state index is 6.45. The van der Waals surface area contributed by atoms with Crippen LogP contribution >= 0.6 is 0 Å². The largest absolute Gasteiger partial charge is 0.350 e. The molecule has 0 unspecified atom stereocenters. The summed E-state index contributed by atoms with van der Waals surface area (Å²) in [7, 11) is 1.92. The Balaban J connectivity index is 1.94. The van der Waals surface area contributed by atoms with E-state index in [1.807, 2.05) is 7.05 Å². The van der Waals surface area contributed by atoms with Gasteiger partial charge in [-0.15, -0.1) is 0 Å². The van der Waals surface area contributed by atoms with E-state index in [2.05, 4.69) is 74.6 Å². The Morgan fingerprint density at radius 1 is 0.960 bits per heavy atom. The van der Waals surface area contributed by atoms with Crippen LogP contribution in [0.2, 0.25) is 0 Å². The van der Waals surface area contributed by atoms with Crippen LogP contribution in [0.4, 0.5) is 0 Å². The van der Waals surface area contributed by atoms with Crippen molar-refractivity contribution in [2.24, 2.45) is 4.99 Å². The van der Waals surface area contributed by atoms with Gasteiger partial charge in [-0.05, 0) is 44.7 Å². The fourth-order valence-electron chi connectivity index (χ4n) is 3.69. The van der Waals surface area contributed by atoms with E-state index in [0.717, 1.165) is 29.9 Å². The number of benzene rings is 2. The molecule has 0 saturated heterocycles. The summed E-state index contributed by atoms with van der Waals surface area (Å²) < 4.78 is 0. The highest BCUT2D eigenvalue weighted by molar-refractivity contribution is 5.82. The molecule has 1 N–H and O–H groups in total. The summed E-state index contributed by atoms with van der Waals surface area (Å²) in [5.41, 5.74) is 3.97. The van der Waals surface area contributed by atoms with Gasteiger partial charge >= 0.3 is 0 Å². The molecular formula is C21H25N3O. The van der Waals surface area contributed by atoms with Crippen LogP contribution in [0.15, 0.2) is 53.5 Å². The van der Waals surface area contributed by atoms with Gasteiger partial charge in [0.05, 0.1) is 0 Å². The van der Waals surface area contributed by atoms with Gasteiger partial charge in [-0.2, -0.15) is 0 Å². The Hall–Kier alpha value is -2.33. The fraction of sp³-hybridized carbons (Fsp3) is 0.381. The van der Waals surface area contributed by atoms with E-state index in [1.54, 1.807) is 5.06 Å². The first kappa shape index (κ1) is 16.2. The van der Waals surface area contributed by atoms with Gasteiger partial charge in [-0.1, -0.05) is 48.5 Å². The molecule has 1 spiro atoms. The smallest absolute Gasteiger partial charge is 0.240 e. The summed E-state index contributed by atoms with van der Waals surface area (Å²) >= 11 is 0. The zero-order valence-electron chi connectivity index (χ0n) is 15.3. The first-order valence-corrected chi connectivity index (χ1v) is 8.87. The predicted octanol–water partition coefficient (Wildman–Crippen LogP) is 3.61. The van der Waals surface area contributed by atoms with Gasteiger partial charge in [-0.25, -0.2) is 14.9 Å². The summed E-state index contributed by atoms with van der Waals surface area (Å²) in [6.07, 6.45) is 2.00. The molecule has 2 aromatic rings. The van der Waals surface area contributed by atoms with Gasteiger partial charge in [0, 0.05) is 23.7 Å². The molecule has 1 aliphatic carbocycles. The molecule has 4 rings (SSSR count). The lowest BCUT2D eigenvalue weighted by molar-refractivity contribution is -0.153. The zero-order chi connectivity index (χ0) is 17.7. The van der Waals surface area contributed by atoms with E-state index in [-0.39, 0.29) is 5.54 Å². The molecule has 0 aromatic heterocycles. The second-order valence-corrected chi connectivity index (χ2v) is 7.86. The van der Waals surface area contributed by atoms with Gasteiger partial charge in [0.2, 0.25) is 11.7 Å². The van der Waals surface area contributed by atoms with Crippen molar-refractivity contribution in [2.75, 3.05) is 7.05 Å². The number of guanidine groups is 1. The van der Waals surface area contributed by atoms with Crippen LogP contribution in [0.5, 0.6) is 0 Å². The van der Waals surface area contributed by atoms with Crippen LogP contribution in [0, 0.1) is 0 Å². The maximum atomic E-state index is 6.45. The monoisotopic (exact) mass is 335 g/mol. The second-order valence-electron chi connectivity index (χ2n) is 7.86. The number of aliphatic imine (C=N–C) groups is 1. The Morgan fingerprint density at radius 2 is 1.48 bits per heavy atom. The standard InChI is InChI=1S/C21H25N3O/c1-20(2,3)22-19-23-21(25-24(19)4)17-11-7-5-9-15(17)13-14-16-10-6-8-12-18(16)21/h5-12H,13-14H2,1-4H3,(H,22,23). The molecule has 2 aliphatic rings. The van der Waals surface area contributed by atoms with Crippen molar-refractivity contribution < 1.29 is 4.84 Å². The van der Waals surface area contributed by atoms with E-state index in [1.165, 1.54) is 11.1 Å². The van der Waals surface area contributed by atoms with E-state index < -0.39 is 5.72 Å². The summed E-state index contributed by atoms with van der Waals surface area (Å²) in [5.74, 6) is 0.763. The molecule has 4 heteroatoms. The molecule has 2 aromatic carbocycles. The number of hydrogen-bond acceptors (Lipinski definition) is 4. The molecule has 0 fully saturated rings. The SMILES string of the molecule is CN1OC2(N=C1NC(C)(C)C)c1ccccc1CCc1ccccc12. The summed E-state index contributed by atoms with van der Waals surface area (Å²) in [6.45, 7) is 6.38. The Bertz CT molecular complexity index is 788. The quantitative estimate of drug-likeness (QED) is 0.799. The highest BCUT2D eigenvalue weighted by Gasteiger charge is 2.47. The molecular weight excluding hydrogens is 310 g/mol. The number of fused-ring (bicyclic) bond motifs is 4. The molecule has 0 radical (unpaired) electrons. The minimum atomic E-state index is -0.813. The summed E-state index contributed by atoms with van der Waals surface area (Å²) in [6, 6.07) is 17.0. The van der Waals surface area contributed by atoms with Crippen molar-refractivity contribution in [3.05, 3.63) is 70.8 Å². The molecule has 0 saturated carbocycles. The van der Waals surface area contributed by atoms with Gasteiger partial charge in [0.1, 0.15) is 0 Å². The third kappa shape index (κ3) is 2.71. The number of hydrogen-bond donors (Lipinski definition) is 1. The number of hydroxylamine groups is 2. The van der Waals surface area contributed by atoms with Crippen molar-refractivity contribution >= 4 is 5.96 Å². The van der Waals surface area contributed by atoms with E-state index in [4.69, 9.17) is 9.83 Å². The lowest BCUT2D eigenvalue weighted by Gasteiger charge is -2.29. The number of aryl methyl sites for hydroxylation is 2. The van der Waals surface area contributed by atoms with E-state index in [9.17, 15) is 0 Å². The van der Waals surface area contributed by atoms with Gasteiger partial charge < -0.3 is 5.32 Å². The van der Waals surface area contributed by atoms with Crippen LogP contribution in [0.25, 0.3) is 0 Å². The normalized spacial score (nSPS) is 18.4. The second kappa shape index (κ2) is 5.60. The topological polar surface area (TPSA) is 36.9 Å². The molecule has 130 valence electrons. The minimum Gasteiger partial charge on any atom is -0.350 e. The zero-order valence-corrected chi connectivity index (χ0v) is 15.3. The fourth-order valence-corrected chi connectivity index (χ4v) is 3.69. The first-order valence-electron chi connectivity index (χ1n) is 8.87. The van der Waals surface area contributed by atoms with Crippen LogP contribution in [0.1, 0.15) is 43.0 Å². The van der Waals surface area contributed by atoms with Crippen LogP contribution < -0.4 is 5.32 Å². The van der Waals surface area contributed by atoms with Crippen molar-refractivity contribution in [1.82, 2.24) is 10.4 Å². The third-order valence-electron chi connectivity index (χ3n) is 4.75. The molecule has 0 atom stereocenters. The number of nitrogens with zero attached hydrogens (tertiary/aromatic N) is 2. The Morgan fingerprint density at radius 3 is 2.00 bits per heavy atom. The molecule has 1 heterocycles. The average Bonchev–Trinajstić information content (AvgIpc) is 2.81. The van der Waals surface area contributed by atoms with E-state index in [0.29, 0.717) is 0 Å². The maximum Gasteiger partial charge on any atom is 0.240 e. The highest BCUT2D eigenvalue weighted by Crippen LogP contribution is 2.44. The van der Waals surface area contributed by atoms with Crippen molar-refractivity contribution in [1.29, 1.82) is 0 Å². The number of nitrogens with one attached hydrogen (secondary N) is 1. The molecule has 4 nitrogen and oxygen atoms in total. The van der Waals surface area contributed by atoms with E-state index >= 15 is 0 Å². The van der Waals surface area contributed by atoms with Crippen molar-refractivity contribution in [3.8, 4) is 0 Å². The van der Waals surface area contributed by atoms with Gasteiger partial charge in [0.15, 0.2) is 0 Å². The van der Waals surface area contributed by atoms with Crippen LogP contribution in [-0.2, 0) is 23.4 Å². The van der Waals surface area contributed by atoms with Gasteiger partial charge in [-0.3, -0.25) is 0 Å². The van der Waals surface area contributed by atoms with Crippen molar-refractivity contribution in [2.45, 2.75) is 44.9 Å². The minimum absolute atomic E-state index is 0.0915. The van der Waals surface area contributed by atoms with Crippen molar-refractivity contribution in [3.63, 3.8) is 0 Å². The molecule has 1 aliphatic heterocycles. The lowest BCUT2D eigenvalue weighted by atomic mass is 9.91. The average molecular weight is 335 g/mol. The Kier molecular flexibility index (Phi) is 3.62. The van der Waals surface area contributed by atoms with Gasteiger partial charge in [0.25, 0.3) is 0 Å². The Labute approximate surface area is 149 Å². The molecule has 0 bridgehead atoms. The summed E-state index contributed by atoms with van der Waals surface area (Å²) in [4.78, 5) is 11.5. The number of rotatable bonds is 0.